The van der Waals surface area contributed by atoms with Crippen LogP contribution in [0.25, 0.3) is 0 Å². The van der Waals surface area contributed by atoms with Gasteiger partial charge in [0.25, 0.3) is 0 Å². The summed E-state index contributed by atoms with van der Waals surface area (Å²) < 4.78 is 11.5. The summed E-state index contributed by atoms with van der Waals surface area (Å²) in [5, 5.41) is 0. The number of pyridine rings is 1. The molecule has 1 saturated heterocycles. The molecule has 27 heavy (non-hydrogen) atoms. The second kappa shape index (κ2) is 8.17. The highest BCUT2D eigenvalue weighted by atomic mass is 16.6. The number of carbonyl (C=O) groups is 1. The molecule has 2 rings (SSSR count). The molecule has 1 aliphatic rings. The maximum Gasteiger partial charge on any atom is 0.340 e. The van der Waals surface area contributed by atoms with Gasteiger partial charge < -0.3 is 14.4 Å². The number of aryl methyl sites for hydroxylation is 2. The van der Waals surface area contributed by atoms with Crippen LogP contribution in [0.1, 0.15) is 77.4 Å². The van der Waals surface area contributed by atoms with Gasteiger partial charge in [0.1, 0.15) is 0 Å². The lowest BCUT2D eigenvalue weighted by Crippen LogP contribution is -2.39. The van der Waals surface area contributed by atoms with Gasteiger partial charge in [-0.15, -0.1) is 0 Å². The average Bonchev–Trinajstić information content (AvgIpc) is 2.52. The molecule has 0 unspecified atom stereocenters. The number of ether oxygens (including phenoxy) is 2. The molecule has 0 aromatic carbocycles. The van der Waals surface area contributed by atoms with E-state index in [0.29, 0.717) is 12.0 Å². The molecule has 2 heterocycles. The van der Waals surface area contributed by atoms with Crippen molar-refractivity contribution in [3.8, 4) is 0 Å². The van der Waals surface area contributed by atoms with E-state index >= 15 is 0 Å². The predicted molar refractivity (Wildman–Crippen MR) is 109 cm³/mol. The highest BCUT2D eigenvalue weighted by Gasteiger charge is 2.35. The van der Waals surface area contributed by atoms with Gasteiger partial charge in [0, 0.05) is 35.7 Å². The third kappa shape index (κ3) is 5.68. The van der Waals surface area contributed by atoms with Gasteiger partial charge in [-0.1, -0.05) is 13.8 Å². The topological polar surface area (TPSA) is 51.7 Å². The number of hydrogen-bond donors (Lipinski definition) is 0. The molecule has 152 valence electrons. The molecule has 0 saturated carbocycles. The molecule has 0 amide bonds. The van der Waals surface area contributed by atoms with Crippen molar-refractivity contribution in [2.75, 3.05) is 24.6 Å². The van der Waals surface area contributed by atoms with E-state index in [2.05, 4.69) is 29.8 Å². The van der Waals surface area contributed by atoms with E-state index in [1.54, 1.807) is 0 Å². The molecular weight excluding hydrogens is 340 g/mol. The average molecular weight is 377 g/mol. The minimum absolute atomic E-state index is 0.328. The van der Waals surface area contributed by atoms with Crippen LogP contribution in [0.3, 0.4) is 0 Å². The first-order valence-corrected chi connectivity index (χ1v) is 10.0. The van der Waals surface area contributed by atoms with Gasteiger partial charge in [-0.3, -0.25) is 4.98 Å². The maximum absolute atomic E-state index is 12.8. The van der Waals surface area contributed by atoms with Gasteiger partial charge in [-0.25, -0.2) is 4.79 Å². The monoisotopic (exact) mass is 376 g/mol. The maximum atomic E-state index is 12.8. The molecular formula is C22H36N2O3. The summed E-state index contributed by atoms with van der Waals surface area (Å²) in [7, 11) is 0. The number of anilines is 1. The SMILES string of the molecule is CCOC(=O)[C@@H](OC(C)(C)C)c1c(N2CCC(C)(C)CC2)cc(C)nc1C. The molecule has 0 N–H and O–H groups in total. The Morgan fingerprint density at radius 2 is 1.85 bits per heavy atom. The zero-order valence-corrected chi connectivity index (χ0v) is 18.3. The van der Waals surface area contributed by atoms with Crippen molar-refractivity contribution in [1.82, 2.24) is 4.98 Å². The largest absolute Gasteiger partial charge is 0.464 e. The Morgan fingerprint density at radius 1 is 1.26 bits per heavy atom. The number of hydrogen-bond acceptors (Lipinski definition) is 5. The fourth-order valence-corrected chi connectivity index (χ4v) is 3.55. The van der Waals surface area contributed by atoms with Crippen molar-refractivity contribution in [2.45, 2.75) is 79.9 Å². The van der Waals surface area contributed by atoms with Crippen LogP contribution >= 0.6 is 0 Å². The van der Waals surface area contributed by atoms with Gasteiger partial charge in [0.15, 0.2) is 6.10 Å². The van der Waals surface area contributed by atoms with E-state index in [4.69, 9.17) is 9.47 Å². The second-order valence-electron chi connectivity index (χ2n) is 9.30. The number of carbonyl (C=O) groups excluding carboxylic acids is 1. The first kappa shape index (κ1) is 21.7. The molecule has 0 radical (unpaired) electrons. The minimum Gasteiger partial charge on any atom is -0.464 e. The van der Waals surface area contributed by atoms with E-state index in [0.717, 1.165) is 48.6 Å². The summed E-state index contributed by atoms with van der Waals surface area (Å²) in [6.07, 6.45) is 1.47. The van der Waals surface area contributed by atoms with Crippen LogP contribution in [0.4, 0.5) is 5.69 Å². The van der Waals surface area contributed by atoms with E-state index in [-0.39, 0.29) is 5.97 Å². The number of nitrogens with zero attached hydrogens (tertiary/aromatic N) is 2. The van der Waals surface area contributed by atoms with Crippen LogP contribution < -0.4 is 4.90 Å². The molecule has 1 fully saturated rings. The normalized spacial score (nSPS) is 18.3. The molecule has 1 aliphatic heterocycles. The predicted octanol–water partition coefficient (Wildman–Crippen LogP) is 4.74. The van der Waals surface area contributed by atoms with E-state index in [9.17, 15) is 4.79 Å². The summed E-state index contributed by atoms with van der Waals surface area (Å²) in [6.45, 7) is 18.5. The zero-order chi connectivity index (χ0) is 20.4. The third-order valence-corrected chi connectivity index (χ3v) is 5.05. The van der Waals surface area contributed by atoms with Crippen LogP contribution in [0.2, 0.25) is 0 Å². The Labute approximate surface area is 164 Å². The van der Waals surface area contributed by atoms with E-state index in [1.165, 1.54) is 0 Å². The lowest BCUT2D eigenvalue weighted by atomic mass is 9.82. The molecule has 1 atom stereocenters. The molecule has 1 aromatic heterocycles. The van der Waals surface area contributed by atoms with E-state index in [1.807, 2.05) is 41.5 Å². The van der Waals surface area contributed by atoms with Crippen LogP contribution in [0.5, 0.6) is 0 Å². The van der Waals surface area contributed by atoms with Gasteiger partial charge in [0.2, 0.25) is 0 Å². The van der Waals surface area contributed by atoms with Crippen molar-refractivity contribution < 1.29 is 14.3 Å². The zero-order valence-electron chi connectivity index (χ0n) is 18.3. The molecule has 0 aliphatic carbocycles. The second-order valence-corrected chi connectivity index (χ2v) is 9.30. The quantitative estimate of drug-likeness (QED) is 0.695. The van der Waals surface area contributed by atoms with Crippen molar-refractivity contribution in [2.24, 2.45) is 5.41 Å². The molecule has 5 nitrogen and oxygen atoms in total. The van der Waals surface area contributed by atoms with Crippen LogP contribution in [-0.2, 0) is 14.3 Å². The van der Waals surface area contributed by atoms with Crippen LogP contribution in [-0.4, -0.2) is 36.3 Å². The van der Waals surface area contributed by atoms with Crippen LogP contribution in [0.15, 0.2) is 6.07 Å². The fraction of sp³-hybridized carbons (Fsp3) is 0.727. The Balaban J connectivity index is 2.50. The van der Waals surface area contributed by atoms with Gasteiger partial charge >= 0.3 is 5.97 Å². The summed E-state index contributed by atoms with van der Waals surface area (Å²) in [5.41, 5.74) is 3.56. The van der Waals surface area contributed by atoms with Gasteiger partial charge in [-0.05, 0) is 65.9 Å². The Kier molecular flexibility index (Phi) is 6.56. The van der Waals surface area contributed by atoms with Crippen molar-refractivity contribution >= 4 is 11.7 Å². The third-order valence-electron chi connectivity index (χ3n) is 5.05. The van der Waals surface area contributed by atoms with Crippen molar-refractivity contribution in [3.05, 3.63) is 23.0 Å². The Bertz CT molecular complexity index is 667. The number of aromatic nitrogens is 1. The summed E-state index contributed by atoms with van der Waals surface area (Å²) >= 11 is 0. The molecule has 5 heteroatoms. The number of piperidine rings is 1. The van der Waals surface area contributed by atoms with E-state index < -0.39 is 11.7 Å². The molecule has 1 aromatic rings. The minimum atomic E-state index is -0.775. The highest BCUT2D eigenvalue weighted by Crippen LogP contribution is 2.38. The molecule has 0 spiro atoms. The smallest absolute Gasteiger partial charge is 0.340 e. The van der Waals surface area contributed by atoms with Gasteiger partial charge in [0.05, 0.1) is 12.2 Å². The highest BCUT2D eigenvalue weighted by molar-refractivity contribution is 5.80. The lowest BCUT2D eigenvalue weighted by molar-refractivity contribution is -0.166. The fourth-order valence-electron chi connectivity index (χ4n) is 3.55. The van der Waals surface area contributed by atoms with Crippen molar-refractivity contribution in [3.63, 3.8) is 0 Å². The van der Waals surface area contributed by atoms with Crippen molar-refractivity contribution in [1.29, 1.82) is 0 Å². The standard InChI is InChI=1S/C22H36N2O3/c1-9-26-20(25)19(27-21(4,5)6)18-16(3)23-15(2)14-17(18)24-12-10-22(7,8)11-13-24/h14,19H,9-13H2,1-8H3/t19-/m0/s1. The molecule has 0 bridgehead atoms. The summed E-state index contributed by atoms with van der Waals surface area (Å²) in [4.78, 5) is 19.8. The Hall–Kier alpha value is -1.62. The van der Waals surface area contributed by atoms with Gasteiger partial charge in [-0.2, -0.15) is 0 Å². The summed E-state index contributed by atoms with van der Waals surface area (Å²) in [6, 6.07) is 2.08. The number of esters is 1. The van der Waals surface area contributed by atoms with Crippen LogP contribution in [0, 0.1) is 19.3 Å². The summed E-state index contributed by atoms with van der Waals surface area (Å²) in [5.74, 6) is -0.347. The first-order chi connectivity index (χ1) is 12.4. The Morgan fingerprint density at radius 3 is 2.37 bits per heavy atom. The number of rotatable bonds is 5. The first-order valence-electron chi connectivity index (χ1n) is 10.0. The lowest BCUT2D eigenvalue weighted by Gasteiger charge is -2.40.